The molecule has 31 heavy (non-hydrogen) atoms. The van der Waals surface area contributed by atoms with Crippen molar-refractivity contribution in [3.63, 3.8) is 0 Å². The number of nitrogens with one attached hydrogen (secondary N) is 2. The molecule has 0 spiro atoms. The first kappa shape index (κ1) is 20.2. The number of ketones is 1. The summed E-state index contributed by atoms with van der Waals surface area (Å²) in [6.07, 6.45) is 5.29. The van der Waals surface area contributed by atoms with Gasteiger partial charge in [0.25, 0.3) is 5.91 Å². The zero-order valence-corrected chi connectivity index (χ0v) is 17.1. The minimum absolute atomic E-state index is 0.0245. The monoisotopic (exact) mass is 415 g/mol. The van der Waals surface area contributed by atoms with Crippen molar-refractivity contribution in [3.8, 4) is 5.75 Å². The van der Waals surface area contributed by atoms with Crippen LogP contribution in [0.3, 0.4) is 0 Å². The zero-order chi connectivity index (χ0) is 21.8. The molecule has 0 bridgehead atoms. The van der Waals surface area contributed by atoms with Crippen molar-refractivity contribution in [1.29, 1.82) is 0 Å². The molecule has 0 radical (unpaired) electrons. The molecule has 7 nitrogen and oxygen atoms in total. The minimum atomic E-state index is -0.272. The number of benzene rings is 2. The highest BCUT2D eigenvalue weighted by Crippen LogP contribution is 2.32. The van der Waals surface area contributed by atoms with Crippen LogP contribution in [0.5, 0.6) is 5.75 Å². The van der Waals surface area contributed by atoms with Crippen LogP contribution < -0.4 is 10.1 Å². The van der Waals surface area contributed by atoms with Crippen LogP contribution in [0.4, 0.5) is 0 Å². The maximum atomic E-state index is 12.8. The number of carbonyl (C=O) groups is 2. The molecule has 4 rings (SSSR count). The van der Waals surface area contributed by atoms with Gasteiger partial charge in [-0.3, -0.25) is 14.7 Å². The molecule has 0 saturated heterocycles. The van der Waals surface area contributed by atoms with Gasteiger partial charge in [0.05, 0.1) is 42.1 Å². The normalized spacial score (nSPS) is 11.2. The quantitative estimate of drug-likeness (QED) is 0.434. The average Bonchev–Trinajstić information content (AvgIpc) is 3.45. The van der Waals surface area contributed by atoms with E-state index in [-0.39, 0.29) is 18.2 Å². The highest BCUT2D eigenvalue weighted by atomic mass is 16.5. The Morgan fingerprint density at radius 3 is 2.61 bits per heavy atom. The first-order valence-electron chi connectivity index (χ1n) is 9.71. The van der Waals surface area contributed by atoms with Crippen LogP contribution in [-0.4, -0.2) is 29.0 Å². The van der Waals surface area contributed by atoms with E-state index in [1.54, 1.807) is 42.7 Å². The number of rotatable bonds is 7. The summed E-state index contributed by atoms with van der Waals surface area (Å²) in [6, 6.07) is 14.4. The number of fused-ring (bicyclic) bond motifs is 1. The summed E-state index contributed by atoms with van der Waals surface area (Å²) in [7, 11) is 1.53. The van der Waals surface area contributed by atoms with E-state index in [0.717, 1.165) is 11.1 Å². The maximum Gasteiger partial charge on any atom is 0.255 e. The number of amides is 1. The van der Waals surface area contributed by atoms with Crippen molar-refractivity contribution in [3.05, 3.63) is 82.9 Å². The summed E-state index contributed by atoms with van der Waals surface area (Å²) in [5.41, 5.74) is 3.39. The molecule has 0 atom stereocenters. The fraction of sp³-hybridized carbons (Fsp3) is 0.125. The van der Waals surface area contributed by atoms with Gasteiger partial charge in [0, 0.05) is 5.56 Å². The molecule has 0 aliphatic carbocycles. The molecule has 0 saturated carbocycles. The second-order valence-corrected chi connectivity index (χ2v) is 6.95. The molecule has 4 aromatic rings. The number of aromatic amines is 1. The third-order valence-corrected chi connectivity index (χ3v) is 4.91. The number of aromatic nitrogens is 2. The molecule has 2 aromatic heterocycles. The maximum absolute atomic E-state index is 12.8. The molecule has 0 aliphatic heterocycles. The lowest BCUT2D eigenvalue weighted by atomic mass is 10.1. The number of nitrogens with zero attached hydrogens (tertiary/aromatic N) is 1. The van der Waals surface area contributed by atoms with E-state index >= 15 is 0 Å². The van der Waals surface area contributed by atoms with E-state index < -0.39 is 0 Å². The van der Waals surface area contributed by atoms with E-state index in [1.807, 2.05) is 24.3 Å². The molecular weight excluding hydrogens is 394 g/mol. The van der Waals surface area contributed by atoms with Crippen LogP contribution in [0.1, 0.15) is 44.7 Å². The van der Waals surface area contributed by atoms with E-state index in [0.29, 0.717) is 33.7 Å². The van der Waals surface area contributed by atoms with Gasteiger partial charge in [-0.15, -0.1) is 0 Å². The van der Waals surface area contributed by atoms with Crippen LogP contribution >= 0.6 is 0 Å². The number of methoxy groups -OCH3 is 1. The molecule has 1 amide bonds. The molecule has 2 N–H and O–H groups in total. The average molecular weight is 415 g/mol. The predicted octanol–water partition coefficient (Wildman–Crippen LogP) is 4.47. The second kappa shape index (κ2) is 8.71. The molecule has 0 aliphatic rings. The molecule has 0 unspecified atom stereocenters. The Hall–Kier alpha value is -4.13. The van der Waals surface area contributed by atoms with Gasteiger partial charge in [-0.05, 0) is 42.8 Å². The molecule has 0 fully saturated rings. The summed E-state index contributed by atoms with van der Waals surface area (Å²) >= 11 is 0. The fourth-order valence-electron chi connectivity index (χ4n) is 3.30. The van der Waals surface area contributed by atoms with Crippen LogP contribution in [0, 0.1) is 0 Å². The highest BCUT2D eigenvalue weighted by Gasteiger charge is 2.19. The van der Waals surface area contributed by atoms with Crippen LogP contribution in [-0.2, 0) is 6.54 Å². The Morgan fingerprint density at radius 1 is 1.13 bits per heavy atom. The smallest absolute Gasteiger partial charge is 0.255 e. The predicted molar refractivity (Wildman–Crippen MR) is 118 cm³/mol. The summed E-state index contributed by atoms with van der Waals surface area (Å²) in [5, 5.41) is 10.9. The molecule has 2 aromatic carbocycles. The summed E-state index contributed by atoms with van der Waals surface area (Å²) in [6.45, 7) is 1.82. The number of H-pyrrole nitrogens is 1. The number of furan rings is 1. The molecule has 7 heteroatoms. The summed E-state index contributed by atoms with van der Waals surface area (Å²) in [4.78, 5) is 24.2. The van der Waals surface area contributed by atoms with Crippen molar-refractivity contribution in [2.45, 2.75) is 13.5 Å². The molecule has 156 valence electrons. The Morgan fingerprint density at radius 2 is 1.94 bits per heavy atom. The highest BCUT2D eigenvalue weighted by molar-refractivity contribution is 6.05. The lowest BCUT2D eigenvalue weighted by Gasteiger charge is -2.10. The standard InChI is InChI=1S/C24H21N3O4/c1-15(28)17-8-5-16(6-9-17)7-11-20-22-21(27-26-20)12-10-19(23(22)30-2)24(29)25-14-18-4-3-13-31-18/h3-13H,14H2,1-2H3,(H,25,29)(H,26,27)/b11-7+. The third kappa shape index (κ3) is 4.25. The SMILES string of the molecule is COc1c(C(=O)NCc2ccco2)ccc2[nH]nc(/C=C/c3ccc(C(C)=O)cc3)c12. The van der Waals surface area contributed by atoms with Crippen molar-refractivity contribution < 1.29 is 18.7 Å². The van der Waals surface area contributed by atoms with Crippen molar-refractivity contribution in [1.82, 2.24) is 15.5 Å². The van der Waals surface area contributed by atoms with Gasteiger partial charge in [-0.2, -0.15) is 5.10 Å². The van der Waals surface area contributed by atoms with Crippen molar-refractivity contribution in [2.24, 2.45) is 0 Å². The Labute approximate surface area is 178 Å². The van der Waals surface area contributed by atoms with Gasteiger partial charge in [-0.1, -0.05) is 30.3 Å². The van der Waals surface area contributed by atoms with Gasteiger partial charge in [-0.25, -0.2) is 0 Å². The topological polar surface area (TPSA) is 97.2 Å². The number of hydrogen-bond donors (Lipinski definition) is 2. The van der Waals surface area contributed by atoms with Crippen molar-refractivity contribution >= 4 is 34.7 Å². The number of hydrogen-bond acceptors (Lipinski definition) is 5. The van der Waals surface area contributed by atoms with Gasteiger partial charge >= 0.3 is 0 Å². The lowest BCUT2D eigenvalue weighted by molar-refractivity contribution is 0.0944. The van der Waals surface area contributed by atoms with Gasteiger partial charge in [0.1, 0.15) is 11.5 Å². The third-order valence-electron chi connectivity index (χ3n) is 4.91. The summed E-state index contributed by atoms with van der Waals surface area (Å²) in [5.74, 6) is 0.855. The van der Waals surface area contributed by atoms with Crippen molar-refractivity contribution in [2.75, 3.05) is 7.11 Å². The van der Waals surface area contributed by atoms with Crippen LogP contribution in [0.15, 0.2) is 59.2 Å². The van der Waals surface area contributed by atoms with E-state index in [9.17, 15) is 9.59 Å². The fourth-order valence-corrected chi connectivity index (χ4v) is 3.30. The number of ether oxygens (including phenoxy) is 1. The lowest BCUT2D eigenvalue weighted by Crippen LogP contribution is -2.23. The summed E-state index contributed by atoms with van der Waals surface area (Å²) < 4.78 is 10.9. The van der Waals surface area contributed by atoms with E-state index in [1.165, 1.54) is 14.0 Å². The Bertz CT molecular complexity index is 1250. The van der Waals surface area contributed by atoms with E-state index in [4.69, 9.17) is 9.15 Å². The molecule has 2 heterocycles. The minimum Gasteiger partial charge on any atom is -0.495 e. The van der Waals surface area contributed by atoms with Gasteiger partial charge in [0.15, 0.2) is 5.78 Å². The van der Waals surface area contributed by atoms with Crippen LogP contribution in [0.2, 0.25) is 0 Å². The number of Topliss-reactive ketones (excluding diaryl/α,β-unsaturated/α-hetero) is 1. The zero-order valence-electron chi connectivity index (χ0n) is 17.1. The first-order valence-corrected chi connectivity index (χ1v) is 9.71. The van der Waals surface area contributed by atoms with Gasteiger partial charge < -0.3 is 14.5 Å². The first-order chi connectivity index (χ1) is 15.1. The Balaban J connectivity index is 1.63. The second-order valence-electron chi connectivity index (χ2n) is 6.95. The number of carbonyl (C=O) groups excluding carboxylic acids is 2. The molecular formula is C24H21N3O4. The van der Waals surface area contributed by atoms with Gasteiger partial charge in [0.2, 0.25) is 0 Å². The van der Waals surface area contributed by atoms with Crippen LogP contribution in [0.25, 0.3) is 23.1 Å². The Kier molecular flexibility index (Phi) is 5.66. The van der Waals surface area contributed by atoms with E-state index in [2.05, 4.69) is 15.5 Å². The largest absolute Gasteiger partial charge is 0.495 e.